The maximum atomic E-state index is 11.3. The lowest BCUT2D eigenvalue weighted by molar-refractivity contribution is 0.00410. The van der Waals surface area contributed by atoms with Crippen LogP contribution in [0.25, 0.3) is 0 Å². The molecule has 4 heteroatoms. The van der Waals surface area contributed by atoms with Crippen molar-refractivity contribution in [2.45, 2.75) is 18.5 Å². The van der Waals surface area contributed by atoms with Crippen LogP contribution in [0.5, 0.6) is 0 Å². The van der Waals surface area contributed by atoms with Gasteiger partial charge in [-0.2, -0.15) is 0 Å². The van der Waals surface area contributed by atoms with Crippen LogP contribution in [0, 0.1) is 11.8 Å². The Morgan fingerprint density at radius 3 is 3.00 bits per heavy atom. The molecule has 4 atom stereocenters. The fourth-order valence-corrected chi connectivity index (χ4v) is 2.80. The lowest BCUT2D eigenvalue weighted by Crippen LogP contribution is -2.73. The summed E-state index contributed by atoms with van der Waals surface area (Å²) in [5.74, 6) is 1.25. The van der Waals surface area contributed by atoms with Crippen molar-refractivity contribution >= 4 is 6.03 Å². The Hall–Kier alpha value is -1.03. The lowest BCUT2D eigenvalue weighted by Gasteiger charge is -2.49. The highest BCUT2D eigenvalue weighted by atomic mass is 16.2. The molecule has 3 rings (SSSR count). The van der Waals surface area contributed by atoms with Gasteiger partial charge in [0.2, 0.25) is 0 Å². The quantitative estimate of drug-likeness (QED) is 0.518. The fraction of sp³-hybridized carbons (Fsp3) is 0.667. The van der Waals surface area contributed by atoms with Crippen molar-refractivity contribution in [1.82, 2.24) is 15.8 Å². The highest BCUT2D eigenvalue weighted by molar-refractivity contribution is 5.75. The first-order valence-electron chi connectivity index (χ1n) is 4.76. The fourth-order valence-electron chi connectivity index (χ4n) is 2.80. The minimum Gasteiger partial charge on any atom is -0.340 e. The Labute approximate surface area is 76.9 Å². The van der Waals surface area contributed by atoms with Crippen molar-refractivity contribution in [2.24, 2.45) is 11.8 Å². The van der Waals surface area contributed by atoms with E-state index in [9.17, 15) is 4.79 Å². The number of fused-ring (bicyclic) bond motifs is 5. The van der Waals surface area contributed by atoms with Gasteiger partial charge < -0.3 is 5.32 Å². The van der Waals surface area contributed by atoms with Gasteiger partial charge in [0, 0.05) is 13.0 Å². The topological polar surface area (TPSA) is 44.4 Å². The highest BCUT2D eigenvalue weighted by Gasteiger charge is 2.55. The summed E-state index contributed by atoms with van der Waals surface area (Å²) < 4.78 is 0. The third kappa shape index (κ3) is 0.765. The van der Waals surface area contributed by atoms with Crippen LogP contribution in [0.15, 0.2) is 12.2 Å². The van der Waals surface area contributed by atoms with Crippen LogP contribution >= 0.6 is 0 Å². The summed E-state index contributed by atoms with van der Waals surface area (Å²) in [7, 11) is 1.67. The van der Waals surface area contributed by atoms with E-state index < -0.39 is 0 Å². The van der Waals surface area contributed by atoms with E-state index in [1.165, 1.54) is 6.42 Å². The first-order valence-corrected chi connectivity index (χ1v) is 4.76. The summed E-state index contributed by atoms with van der Waals surface area (Å²) in [6, 6.07) is 0.921. The van der Waals surface area contributed by atoms with Gasteiger partial charge in [-0.1, -0.05) is 12.2 Å². The van der Waals surface area contributed by atoms with Gasteiger partial charge in [0.15, 0.2) is 0 Å². The molecule has 1 aliphatic heterocycles. The normalized spacial score (nSPS) is 44.5. The number of carbonyl (C=O) groups is 1. The molecule has 13 heavy (non-hydrogen) atoms. The Bertz CT molecular complexity index is 289. The van der Waals surface area contributed by atoms with Crippen LogP contribution < -0.4 is 10.7 Å². The van der Waals surface area contributed by atoms with E-state index in [4.69, 9.17) is 0 Å². The predicted octanol–water partition coefficient (Wildman–Crippen LogP) is 0.0891. The van der Waals surface area contributed by atoms with E-state index in [0.29, 0.717) is 23.9 Å². The van der Waals surface area contributed by atoms with Gasteiger partial charge in [0.25, 0.3) is 0 Å². The molecular weight excluding hydrogens is 166 g/mol. The monoisotopic (exact) mass is 179 g/mol. The molecule has 1 saturated heterocycles. The molecule has 2 N–H and O–H groups in total. The van der Waals surface area contributed by atoms with Crippen LogP contribution in [0.3, 0.4) is 0 Å². The summed E-state index contributed by atoms with van der Waals surface area (Å²) in [5, 5.41) is 4.37. The molecule has 4 unspecified atom stereocenters. The van der Waals surface area contributed by atoms with Gasteiger partial charge in [-0.15, -0.1) is 0 Å². The zero-order chi connectivity index (χ0) is 9.00. The molecule has 2 fully saturated rings. The summed E-state index contributed by atoms with van der Waals surface area (Å²) in [4.78, 5) is 11.3. The second kappa shape index (κ2) is 2.26. The first-order chi connectivity index (χ1) is 6.31. The van der Waals surface area contributed by atoms with E-state index >= 15 is 0 Å². The van der Waals surface area contributed by atoms with Gasteiger partial charge >= 0.3 is 6.03 Å². The number of hydrogen-bond acceptors (Lipinski definition) is 2. The van der Waals surface area contributed by atoms with E-state index in [1.807, 2.05) is 0 Å². The molecule has 0 aromatic carbocycles. The highest BCUT2D eigenvalue weighted by Crippen LogP contribution is 2.45. The van der Waals surface area contributed by atoms with Crippen molar-refractivity contribution < 1.29 is 4.79 Å². The molecule has 4 nitrogen and oxygen atoms in total. The summed E-state index contributed by atoms with van der Waals surface area (Å²) in [6.07, 6.45) is 5.75. The zero-order valence-corrected chi connectivity index (χ0v) is 7.53. The average Bonchev–Trinajstić information content (AvgIpc) is 2.59. The minimum absolute atomic E-state index is 0.0119. The zero-order valence-electron chi connectivity index (χ0n) is 7.53. The number of nitrogens with one attached hydrogen (secondary N) is 2. The lowest BCUT2D eigenvalue weighted by atomic mass is 9.92. The third-order valence-corrected chi connectivity index (χ3v) is 3.44. The van der Waals surface area contributed by atoms with Crippen LogP contribution in [-0.2, 0) is 0 Å². The summed E-state index contributed by atoms with van der Waals surface area (Å²) in [6.45, 7) is 0. The van der Waals surface area contributed by atoms with E-state index in [1.54, 1.807) is 12.1 Å². The molecule has 0 aromatic heterocycles. The summed E-state index contributed by atoms with van der Waals surface area (Å²) >= 11 is 0. The van der Waals surface area contributed by atoms with Gasteiger partial charge in [-0.3, -0.25) is 5.01 Å². The Morgan fingerprint density at radius 1 is 1.54 bits per heavy atom. The molecule has 3 aliphatic rings. The number of hydrogen-bond donors (Lipinski definition) is 2. The van der Waals surface area contributed by atoms with Crippen LogP contribution in [0.1, 0.15) is 6.42 Å². The molecular formula is C9H13N3O. The molecule has 70 valence electrons. The molecule has 2 aliphatic carbocycles. The molecule has 0 aromatic rings. The number of hydrazine groups is 1. The number of rotatable bonds is 0. The number of amides is 2. The average molecular weight is 179 g/mol. The molecule has 0 radical (unpaired) electrons. The first kappa shape index (κ1) is 7.38. The SMILES string of the molecule is CNC(=O)N1NC2C3C=CC(C3)C21. The third-order valence-electron chi connectivity index (χ3n) is 3.44. The Morgan fingerprint density at radius 2 is 2.31 bits per heavy atom. The second-order valence-corrected chi connectivity index (χ2v) is 4.02. The van der Waals surface area contributed by atoms with E-state index in [0.717, 1.165) is 0 Å². The van der Waals surface area contributed by atoms with E-state index in [-0.39, 0.29) is 6.03 Å². The van der Waals surface area contributed by atoms with Gasteiger partial charge in [-0.05, 0) is 12.3 Å². The van der Waals surface area contributed by atoms with Crippen molar-refractivity contribution in [3.8, 4) is 0 Å². The number of nitrogens with zero attached hydrogens (tertiary/aromatic N) is 1. The minimum atomic E-state index is -0.0119. The molecule has 2 amide bonds. The van der Waals surface area contributed by atoms with Crippen LogP contribution in [0.4, 0.5) is 4.79 Å². The molecule has 0 spiro atoms. The summed E-state index contributed by atoms with van der Waals surface area (Å²) in [5.41, 5.74) is 3.19. The van der Waals surface area contributed by atoms with Crippen molar-refractivity contribution in [3.05, 3.63) is 12.2 Å². The maximum absolute atomic E-state index is 11.3. The van der Waals surface area contributed by atoms with Crippen molar-refractivity contribution in [1.29, 1.82) is 0 Å². The van der Waals surface area contributed by atoms with Gasteiger partial charge in [-0.25, -0.2) is 10.2 Å². The molecule has 2 bridgehead atoms. The molecule has 1 saturated carbocycles. The number of carbonyl (C=O) groups excluding carboxylic acids is 1. The standard InChI is InChI=1S/C9H13N3O/c1-10-9(13)12-8-6-3-2-5(4-6)7(8)11-12/h2-3,5-8,11H,4H2,1H3,(H,10,13). The van der Waals surface area contributed by atoms with Gasteiger partial charge in [0.1, 0.15) is 0 Å². The Balaban J connectivity index is 1.79. The largest absolute Gasteiger partial charge is 0.340 e. The second-order valence-electron chi connectivity index (χ2n) is 4.02. The molecule has 1 heterocycles. The van der Waals surface area contributed by atoms with Crippen LogP contribution in [-0.4, -0.2) is 30.2 Å². The van der Waals surface area contributed by atoms with Crippen LogP contribution in [0.2, 0.25) is 0 Å². The maximum Gasteiger partial charge on any atom is 0.331 e. The Kier molecular flexibility index (Phi) is 1.28. The smallest absolute Gasteiger partial charge is 0.331 e. The van der Waals surface area contributed by atoms with Gasteiger partial charge in [0.05, 0.1) is 12.1 Å². The number of urea groups is 1. The van der Waals surface area contributed by atoms with Crippen molar-refractivity contribution in [2.75, 3.05) is 7.05 Å². The van der Waals surface area contributed by atoms with E-state index in [2.05, 4.69) is 22.9 Å². The van der Waals surface area contributed by atoms with Crippen molar-refractivity contribution in [3.63, 3.8) is 0 Å². The predicted molar refractivity (Wildman–Crippen MR) is 47.7 cm³/mol.